The van der Waals surface area contributed by atoms with Crippen molar-refractivity contribution < 1.29 is 4.39 Å². The van der Waals surface area contributed by atoms with E-state index in [-0.39, 0.29) is 5.82 Å². The van der Waals surface area contributed by atoms with Crippen LogP contribution < -0.4 is 5.32 Å². The largest absolute Gasteiger partial charge is 0.316 e. The fourth-order valence-corrected chi connectivity index (χ4v) is 2.39. The van der Waals surface area contributed by atoms with Gasteiger partial charge >= 0.3 is 0 Å². The molecular formula is C14H22FN. The summed E-state index contributed by atoms with van der Waals surface area (Å²) in [6.07, 6.45) is 0.990. The molecule has 0 aliphatic heterocycles. The minimum atomic E-state index is -0.162. The molecule has 1 aromatic carbocycles. The highest BCUT2D eigenvalue weighted by Crippen LogP contribution is 2.17. The number of nitrogens with one attached hydrogen (secondary N) is 1. The van der Waals surface area contributed by atoms with E-state index in [0.29, 0.717) is 17.9 Å². The van der Waals surface area contributed by atoms with Gasteiger partial charge in [-0.25, -0.2) is 4.39 Å². The van der Waals surface area contributed by atoms with E-state index in [1.165, 1.54) is 17.7 Å². The smallest absolute Gasteiger partial charge is 0.123 e. The average molecular weight is 223 g/mol. The van der Waals surface area contributed by atoms with Crippen LogP contribution in [0, 0.1) is 17.7 Å². The van der Waals surface area contributed by atoms with Gasteiger partial charge in [0.15, 0.2) is 0 Å². The van der Waals surface area contributed by atoms with Crippen molar-refractivity contribution in [2.75, 3.05) is 7.05 Å². The van der Waals surface area contributed by atoms with Crippen LogP contribution in [0.15, 0.2) is 24.3 Å². The molecule has 0 amide bonds. The molecule has 0 saturated carbocycles. The molecule has 0 aliphatic carbocycles. The van der Waals surface area contributed by atoms with Gasteiger partial charge in [0.05, 0.1) is 0 Å². The van der Waals surface area contributed by atoms with Gasteiger partial charge in [-0.1, -0.05) is 32.9 Å². The van der Waals surface area contributed by atoms with Crippen LogP contribution in [0.25, 0.3) is 0 Å². The molecule has 0 radical (unpaired) electrons. The maximum Gasteiger partial charge on any atom is 0.123 e. The molecule has 2 unspecified atom stereocenters. The zero-order valence-corrected chi connectivity index (χ0v) is 10.6. The summed E-state index contributed by atoms with van der Waals surface area (Å²) < 4.78 is 12.8. The Morgan fingerprint density at radius 2 is 1.69 bits per heavy atom. The lowest BCUT2D eigenvalue weighted by molar-refractivity contribution is 0.314. The summed E-state index contributed by atoms with van der Waals surface area (Å²) in [5, 5.41) is 3.36. The molecule has 90 valence electrons. The number of rotatable bonds is 5. The van der Waals surface area contributed by atoms with Crippen molar-refractivity contribution >= 4 is 0 Å². The fraction of sp³-hybridized carbons (Fsp3) is 0.571. The first-order chi connectivity index (χ1) is 7.54. The summed E-state index contributed by atoms with van der Waals surface area (Å²) in [6, 6.07) is 7.32. The molecule has 1 rings (SSSR count). The van der Waals surface area contributed by atoms with Gasteiger partial charge in [-0.2, -0.15) is 0 Å². The molecular weight excluding hydrogens is 201 g/mol. The first-order valence-corrected chi connectivity index (χ1v) is 5.96. The second kappa shape index (κ2) is 6.00. The standard InChI is InChI=1S/C14H22FN/c1-10(2)14(16-4)11(3)9-12-5-7-13(15)8-6-12/h5-8,10-11,14,16H,9H2,1-4H3. The molecule has 0 bridgehead atoms. The number of benzene rings is 1. The van der Waals surface area contributed by atoms with E-state index in [2.05, 4.69) is 26.1 Å². The van der Waals surface area contributed by atoms with Crippen LogP contribution in [0.5, 0.6) is 0 Å². The van der Waals surface area contributed by atoms with Crippen molar-refractivity contribution in [3.05, 3.63) is 35.6 Å². The van der Waals surface area contributed by atoms with Crippen molar-refractivity contribution in [1.29, 1.82) is 0 Å². The third kappa shape index (κ3) is 3.60. The van der Waals surface area contributed by atoms with E-state index in [1.807, 2.05) is 19.2 Å². The van der Waals surface area contributed by atoms with Crippen LogP contribution in [0.4, 0.5) is 4.39 Å². The van der Waals surface area contributed by atoms with Crippen molar-refractivity contribution in [3.63, 3.8) is 0 Å². The first kappa shape index (κ1) is 13.2. The van der Waals surface area contributed by atoms with E-state index in [9.17, 15) is 4.39 Å². The fourth-order valence-electron chi connectivity index (χ4n) is 2.39. The molecule has 1 N–H and O–H groups in total. The molecule has 0 spiro atoms. The van der Waals surface area contributed by atoms with Gasteiger partial charge in [0.25, 0.3) is 0 Å². The van der Waals surface area contributed by atoms with Crippen LogP contribution in [-0.2, 0) is 6.42 Å². The highest BCUT2D eigenvalue weighted by atomic mass is 19.1. The van der Waals surface area contributed by atoms with Crippen LogP contribution in [0.2, 0.25) is 0 Å². The summed E-state index contributed by atoms with van der Waals surface area (Å²) in [4.78, 5) is 0. The quantitative estimate of drug-likeness (QED) is 0.808. The first-order valence-electron chi connectivity index (χ1n) is 5.96. The van der Waals surface area contributed by atoms with Crippen LogP contribution in [0.3, 0.4) is 0 Å². The third-order valence-corrected chi connectivity index (χ3v) is 3.14. The Kier molecular flexibility index (Phi) is 4.94. The van der Waals surface area contributed by atoms with Crippen molar-refractivity contribution in [2.24, 2.45) is 11.8 Å². The van der Waals surface area contributed by atoms with Gasteiger partial charge in [0.2, 0.25) is 0 Å². The Hall–Kier alpha value is -0.890. The number of halogens is 1. The Morgan fingerprint density at radius 1 is 1.12 bits per heavy atom. The monoisotopic (exact) mass is 223 g/mol. The Balaban J connectivity index is 2.62. The summed E-state index contributed by atoms with van der Waals surface area (Å²) in [5.41, 5.74) is 1.20. The third-order valence-electron chi connectivity index (χ3n) is 3.14. The topological polar surface area (TPSA) is 12.0 Å². The van der Waals surface area contributed by atoms with Crippen molar-refractivity contribution in [2.45, 2.75) is 33.2 Å². The van der Waals surface area contributed by atoms with E-state index >= 15 is 0 Å². The summed E-state index contributed by atoms with van der Waals surface area (Å²) in [7, 11) is 2.01. The predicted molar refractivity (Wildman–Crippen MR) is 67.0 cm³/mol. The molecule has 1 aromatic rings. The van der Waals surface area contributed by atoms with Gasteiger partial charge in [0.1, 0.15) is 5.82 Å². The molecule has 0 aliphatic rings. The predicted octanol–water partition coefficient (Wildman–Crippen LogP) is 3.25. The lowest BCUT2D eigenvalue weighted by atomic mass is 9.87. The van der Waals surface area contributed by atoms with Crippen molar-refractivity contribution in [1.82, 2.24) is 5.32 Å². The lowest BCUT2D eigenvalue weighted by Crippen LogP contribution is -2.37. The van der Waals surface area contributed by atoms with Crippen LogP contribution >= 0.6 is 0 Å². The van der Waals surface area contributed by atoms with Crippen molar-refractivity contribution in [3.8, 4) is 0 Å². The Labute approximate surface area is 98.1 Å². The lowest BCUT2D eigenvalue weighted by Gasteiger charge is -2.27. The van der Waals surface area contributed by atoms with Gasteiger partial charge in [-0.15, -0.1) is 0 Å². The van der Waals surface area contributed by atoms with Crippen LogP contribution in [0.1, 0.15) is 26.3 Å². The highest BCUT2D eigenvalue weighted by Gasteiger charge is 2.18. The van der Waals surface area contributed by atoms with Crippen LogP contribution in [-0.4, -0.2) is 13.1 Å². The molecule has 16 heavy (non-hydrogen) atoms. The SMILES string of the molecule is CNC(C(C)C)C(C)Cc1ccc(F)cc1. The number of hydrogen-bond acceptors (Lipinski definition) is 1. The van der Waals surface area contributed by atoms with E-state index in [1.54, 1.807) is 0 Å². The molecule has 0 heterocycles. The maximum atomic E-state index is 12.8. The zero-order valence-electron chi connectivity index (χ0n) is 10.6. The molecule has 2 atom stereocenters. The molecule has 2 heteroatoms. The molecule has 1 nitrogen and oxygen atoms in total. The highest BCUT2D eigenvalue weighted by molar-refractivity contribution is 5.16. The average Bonchev–Trinajstić information content (AvgIpc) is 2.22. The van der Waals surface area contributed by atoms with Gasteiger partial charge in [-0.05, 0) is 43.0 Å². The number of hydrogen-bond donors (Lipinski definition) is 1. The second-order valence-electron chi connectivity index (χ2n) is 4.87. The summed E-state index contributed by atoms with van der Waals surface area (Å²) in [6.45, 7) is 6.69. The zero-order chi connectivity index (χ0) is 12.1. The van der Waals surface area contributed by atoms with E-state index in [4.69, 9.17) is 0 Å². The second-order valence-corrected chi connectivity index (χ2v) is 4.87. The molecule has 0 fully saturated rings. The van der Waals surface area contributed by atoms with E-state index in [0.717, 1.165) is 6.42 Å². The Bertz CT molecular complexity index is 305. The summed E-state index contributed by atoms with van der Waals surface area (Å²) in [5.74, 6) is 1.00. The summed E-state index contributed by atoms with van der Waals surface area (Å²) >= 11 is 0. The Morgan fingerprint density at radius 3 is 2.12 bits per heavy atom. The molecule has 0 saturated heterocycles. The minimum Gasteiger partial charge on any atom is -0.316 e. The minimum absolute atomic E-state index is 0.162. The maximum absolute atomic E-state index is 12.8. The normalized spacial score (nSPS) is 15.1. The van der Waals surface area contributed by atoms with E-state index < -0.39 is 0 Å². The van der Waals surface area contributed by atoms with Gasteiger partial charge in [-0.3, -0.25) is 0 Å². The van der Waals surface area contributed by atoms with Gasteiger partial charge in [0, 0.05) is 6.04 Å². The van der Waals surface area contributed by atoms with Gasteiger partial charge < -0.3 is 5.32 Å². The molecule has 0 aromatic heterocycles.